The number of amides is 3. The highest BCUT2D eigenvalue weighted by Crippen LogP contribution is 2.40. The van der Waals surface area contributed by atoms with E-state index in [-0.39, 0.29) is 42.0 Å². The van der Waals surface area contributed by atoms with E-state index in [4.69, 9.17) is 9.47 Å². The van der Waals surface area contributed by atoms with Crippen molar-refractivity contribution in [3.8, 4) is 0 Å². The number of hydrogen-bond acceptors (Lipinski definition) is 6. The number of nitrogens with one attached hydrogen (secondary N) is 3. The van der Waals surface area contributed by atoms with Gasteiger partial charge in [0.05, 0.1) is 12.1 Å². The molecule has 0 saturated carbocycles. The van der Waals surface area contributed by atoms with E-state index in [1.165, 1.54) is 6.92 Å². The highest BCUT2D eigenvalue weighted by Gasteiger charge is 2.39. The van der Waals surface area contributed by atoms with Gasteiger partial charge in [-0.2, -0.15) is 0 Å². The lowest BCUT2D eigenvalue weighted by atomic mass is 9.70. The summed E-state index contributed by atoms with van der Waals surface area (Å²) in [7, 11) is 0. The summed E-state index contributed by atoms with van der Waals surface area (Å²) in [6.45, 7) is 22.3. The predicted molar refractivity (Wildman–Crippen MR) is 167 cm³/mol. The van der Waals surface area contributed by atoms with Crippen LogP contribution in [0.2, 0.25) is 0 Å². The van der Waals surface area contributed by atoms with Gasteiger partial charge in [0.2, 0.25) is 17.7 Å². The van der Waals surface area contributed by atoms with Crippen LogP contribution in [0, 0.1) is 22.7 Å². The molecule has 0 aliphatic rings. The molecule has 0 bridgehead atoms. The van der Waals surface area contributed by atoms with Gasteiger partial charge in [0.1, 0.15) is 12.6 Å². The van der Waals surface area contributed by atoms with Crippen LogP contribution in [0.25, 0.3) is 0 Å². The summed E-state index contributed by atoms with van der Waals surface area (Å²) in [6.07, 6.45) is 2.40. The highest BCUT2D eigenvalue weighted by molar-refractivity contribution is 5.96. The summed E-state index contributed by atoms with van der Waals surface area (Å²) in [5, 5.41) is 8.32. The maximum atomic E-state index is 13.4. The van der Waals surface area contributed by atoms with Crippen molar-refractivity contribution in [3.05, 3.63) is 29.8 Å². The first-order valence-corrected chi connectivity index (χ1v) is 15.0. The molecular formula is C33H55N3O6. The number of hydrogen-bond donors (Lipinski definition) is 3. The van der Waals surface area contributed by atoms with Crippen LogP contribution < -0.4 is 16.0 Å². The van der Waals surface area contributed by atoms with Crippen LogP contribution in [0.15, 0.2) is 24.3 Å². The van der Waals surface area contributed by atoms with E-state index in [0.717, 1.165) is 18.4 Å². The average Bonchev–Trinajstić information content (AvgIpc) is 2.83. The Kier molecular flexibility index (Phi) is 14.2. The molecule has 0 heterocycles. The van der Waals surface area contributed by atoms with Gasteiger partial charge in [-0.05, 0) is 68.1 Å². The zero-order valence-corrected chi connectivity index (χ0v) is 27.7. The first-order valence-electron chi connectivity index (χ1n) is 15.0. The summed E-state index contributed by atoms with van der Waals surface area (Å²) in [5.74, 6) is -0.992. The van der Waals surface area contributed by atoms with Crippen molar-refractivity contribution in [1.29, 1.82) is 0 Å². The van der Waals surface area contributed by atoms with Gasteiger partial charge in [0.25, 0.3) is 0 Å². The van der Waals surface area contributed by atoms with Crippen molar-refractivity contribution in [2.45, 2.75) is 114 Å². The van der Waals surface area contributed by atoms with Gasteiger partial charge in [-0.15, -0.1) is 0 Å². The van der Waals surface area contributed by atoms with Crippen molar-refractivity contribution < 1.29 is 28.7 Å². The zero-order chi connectivity index (χ0) is 32.3. The summed E-state index contributed by atoms with van der Waals surface area (Å²) < 4.78 is 11.1. The molecule has 238 valence electrons. The Morgan fingerprint density at radius 1 is 0.881 bits per heavy atom. The maximum absolute atomic E-state index is 13.4. The number of benzene rings is 1. The Hall–Kier alpha value is -2.94. The molecule has 1 unspecified atom stereocenters. The summed E-state index contributed by atoms with van der Waals surface area (Å²) in [5.41, 5.74) is 0.0976. The Bertz CT molecular complexity index is 1040. The van der Waals surface area contributed by atoms with Crippen LogP contribution in [-0.2, 0) is 35.3 Å². The van der Waals surface area contributed by atoms with E-state index in [0.29, 0.717) is 24.6 Å². The van der Waals surface area contributed by atoms with Crippen molar-refractivity contribution in [2.75, 3.05) is 18.5 Å². The van der Waals surface area contributed by atoms with Gasteiger partial charge in [-0.3, -0.25) is 19.2 Å². The molecule has 0 aliphatic carbocycles. The Labute approximate surface area is 253 Å². The lowest BCUT2D eigenvalue weighted by Crippen LogP contribution is -2.54. The SMILES string of the molecule is CC(=O)OCc1ccc(NC(=O)CNC(=O)C(NC(=O)C(C)(C)CC(C)(C)CC(C)(C)OCCC(C)C)C(C)C)cc1. The minimum Gasteiger partial charge on any atom is -0.461 e. The second kappa shape index (κ2) is 16.1. The van der Waals surface area contributed by atoms with Gasteiger partial charge in [0.15, 0.2) is 0 Å². The number of rotatable bonds is 17. The summed E-state index contributed by atoms with van der Waals surface area (Å²) >= 11 is 0. The van der Waals surface area contributed by atoms with E-state index in [1.54, 1.807) is 24.3 Å². The molecule has 0 saturated heterocycles. The molecule has 0 aromatic heterocycles. The van der Waals surface area contributed by atoms with Gasteiger partial charge >= 0.3 is 5.97 Å². The summed E-state index contributed by atoms with van der Waals surface area (Å²) in [4.78, 5) is 49.9. The van der Waals surface area contributed by atoms with Crippen molar-refractivity contribution in [2.24, 2.45) is 22.7 Å². The van der Waals surface area contributed by atoms with Crippen molar-refractivity contribution in [1.82, 2.24) is 10.6 Å². The lowest BCUT2D eigenvalue weighted by molar-refractivity contribution is -0.142. The standard InChI is InChI=1S/C33H55N3O6/c1-22(2)16-17-42-33(10,11)21-31(6,7)20-32(8,9)30(40)36-28(23(3)4)29(39)34-18-27(38)35-26-14-12-25(13-15-26)19-41-24(5)37/h12-15,22-23,28H,16-21H2,1-11H3,(H,34,39)(H,35,38)(H,36,40). The molecule has 42 heavy (non-hydrogen) atoms. The van der Waals surface area contributed by atoms with Crippen molar-refractivity contribution >= 4 is 29.4 Å². The third kappa shape index (κ3) is 14.3. The first-order chi connectivity index (χ1) is 19.2. The first kappa shape index (κ1) is 37.1. The largest absolute Gasteiger partial charge is 0.461 e. The Morgan fingerprint density at radius 2 is 1.48 bits per heavy atom. The molecule has 9 nitrogen and oxygen atoms in total. The third-order valence-corrected chi connectivity index (χ3v) is 6.97. The van der Waals surface area contributed by atoms with E-state index < -0.39 is 23.3 Å². The lowest BCUT2D eigenvalue weighted by Gasteiger charge is -2.40. The average molecular weight is 590 g/mol. The van der Waals surface area contributed by atoms with E-state index in [2.05, 4.69) is 57.5 Å². The molecule has 0 fully saturated rings. The molecule has 1 rings (SSSR count). The smallest absolute Gasteiger partial charge is 0.302 e. The Balaban J connectivity index is 2.70. The van der Waals surface area contributed by atoms with Crippen LogP contribution in [-0.4, -0.2) is 48.5 Å². The van der Waals surface area contributed by atoms with Gasteiger partial charge in [-0.25, -0.2) is 0 Å². The molecule has 9 heteroatoms. The van der Waals surface area contributed by atoms with Crippen LogP contribution >= 0.6 is 0 Å². The third-order valence-electron chi connectivity index (χ3n) is 6.97. The number of carbonyl (C=O) groups is 4. The predicted octanol–water partition coefficient (Wildman–Crippen LogP) is 5.62. The minimum atomic E-state index is -0.788. The molecule has 3 amide bonds. The molecule has 1 atom stereocenters. The molecule has 1 aromatic rings. The second-order valence-electron chi connectivity index (χ2n) is 14.1. The fraction of sp³-hybridized carbons (Fsp3) is 0.697. The molecule has 0 aliphatic heterocycles. The number of anilines is 1. The molecule has 0 spiro atoms. The van der Waals surface area contributed by atoms with E-state index in [1.807, 2.05) is 27.7 Å². The van der Waals surface area contributed by atoms with Gasteiger partial charge in [0, 0.05) is 24.6 Å². The summed E-state index contributed by atoms with van der Waals surface area (Å²) in [6, 6.07) is 6.08. The molecule has 1 aromatic carbocycles. The van der Waals surface area contributed by atoms with Gasteiger partial charge in [-0.1, -0.05) is 67.5 Å². The molecule has 0 radical (unpaired) electrons. The van der Waals surface area contributed by atoms with Crippen LogP contribution in [0.1, 0.15) is 101 Å². The quantitative estimate of drug-likeness (QED) is 0.203. The van der Waals surface area contributed by atoms with Crippen molar-refractivity contribution in [3.63, 3.8) is 0 Å². The van der Waals surface area contributed by atoms with Crippen LogP contribution in [0.4, 0.5) is 5.69 Å². The van der Waals surface area contributed by atoms with E-state index >= 15 is 0 Å². The monoisotopic (exact) mass is 589 g/mol. The highest BCUT2D eigenvalue weighted by atomic mass is 16.5. The zero-order valence-electron chi connectivity index (χ0n) is 27.7. The molecule has 3 N–H and O–H groups in total. The Morgan fingerprint density at radius 3 is 2.00 bits per heavy atom. The topological polar surface area (TPSA) is 123 Å². The fourth-order valence-corrected chi connectivity index (χ4v) is 5.34. The molecular weight excluding hydrogens is 534 g/mol. The normalized spacial score (nSPS) is 13.1. The fourth-order valence-electron chi connectivity index (χ4n) is 5.34. The van der Waals surface area contributed by atoms with Crippen LogP contribution in [0.5, 0.6) is 0 Å². The minimum absolute atomic E-state index is 0.154. The van der Waals surface area contributed by atoms with Crippen LogP contribution in [0.3, 0.4) is 0 Å². The van der Waals surface area contributed by atoms with E-state index in [9.17, 15) is 19.2 Å². The number of ether oxygens (including phenoxy) is 2. The van der Waals surface area contributed by atoms with Gasteiger partial charge < -0.3 is 25.4 Å². The number of esters is 1. The number of carbonyl (C=O) groups excluding carboxylic acids is 4. The maximum Gasteiger partial charge on any atom is 0.302 e. The second-order valence-corrected chi connectivity index (χ2v) is 14.1.